The number of halogens is 2. The van der Waals surface area contributed by atoms with Crippen molar-refractivity contribution < 1.29 is 18.8 Å². The van der Waals surface area contributed by atoms with Gasteiger partial charge in [-0.15, -0.1) is 0 Å². The molecule has 24 heavy (non-hydrogen) atoms. The lowest BCUT2D eigenvalue weighted by molar-refractivity contribution is -0.123. The molecule has 0 saturated carbocycles. The maximum Gasteiger partial charge on any atom is 0.344 e. The Bertz CT molecular complexity index is 753. The molecule has 1 amide bonds. The molecule has 1 aromatic carbocycles. The number of carbonyl (C=O) groups excluding carboxylic acids is 2. The highest BCUT2D eigenvalue weighted by atomic mass is 35.5. The second kappa shape index (κ2) is 7.68. The summed E-state index contributed by atoms with van der Waals surface area (Å²) in [6.07, 6.45) is -0.541. The summed E-state index contributed by atoms with van der Waals surface area (Å²) in [6.45, 7) is 4.90. The van der Waals surface area contributed by atoms with E-state index >= 15 is 0 Å². The van der Waals surface area contributed by atoms with Crippen molar-refractivity contribution in [2.75, 3.05) is 5.32 Å². The number of nitrogens with one attached hydrogen (secondary N) is 1. The minimum Gasteiger partial charge on any atom is -0.449 e. The Morgan fingerprint density at radius 2 is 1.96 bits per heavy atom. The van der Waals surface area contributed by atoms with Gasteiger partial charge in [-0.05, 0) is 32.4 Å². The van der Waals surface area contributed by atoms with Gasteiger partial charge >= 0.3 is 5.97 Å². The van der Waals surface area contributed by atoms with Gasteiger partial charge in [0.2, 0.25) is 0 Å². The first kappa shape index (κ1) is 18.3. The highest BCUT2D eigenvalue weighted by Gasteiger charge is 2.25. The van der Waals surface area contributed by atoms with E-state index in [1.165, 1.54) is 6.92 Å². The lowest BCUT2D eigenvalue weighted by Gasteiger charge is -2.15. The van der Waals surface area contributed by atoms with Crippen molar-refractivity contribution in [1.29, 1.82) is 0 Å². The van der Waals surface area contributed by atoms with Crippen molar-refractivity contribution in [2.45, 2.75) is 33.3 Å². The molecule has 0 saturated heterocycles. The third-order valence-electron chi connectivity index (χ3n) is 3.34. The van der Waals surface area contributed by atoms with E-state index in [1.54, 1.807) is 25.1 Å². The fourth-order valence-corrected chi connectivity index (χ4v) is 2.53. The lowest BCUT2D eigenvalue weighted by Crippen LogP contribution is -2.30. The maximum atomic E-state index is 12.3. The highest BCUT2D eigenvalue weighted by molar-refractivity contribution is 6.39. The molecule has 0 radical (unpaired) electrons. The first-order valence-corrected chi connectivity index (χ1v) is 8.01. The van der Waals surface area contributed by atoms with Crippen LogP contribution in [0.4, 0.5) is 5.69 Å². The largest absolute Gasteiger partial charge is 0.449 e. The molecule has 0 fully saturated rings. The zero-order chi connectivity index (χ0) is 17.9. The van der Waals surface area contributed by atoms with Gasteiger partial charge in [0.15, 0.2) is 6.10 Å². The number of nitrogens with zero attached hydrogens (tertiary/aromatic N) is 1. The third-order valence-corrected chi connectivity index (χ3v) is 3.97. The van der Waals surface area contributed by atoms with Crippen molar-refractivity contribution in [1.82, 2.24) is 5.16 Å². The SMILES string of the molecule is CCc1noc(C)c1C(=O)O[C@H](C)C(=O)Nc1c(Cl)cccc1Cl. The minimum atomic E-state index is -1.05. The second-order valence-electron chi connectivity index (χ2n) is 5.05. The Morgan fingerprint density at radius 3 is 2.54 bits per heavy atom. The molecule has 1 atom stereocenters. The summed E-state index contributed by atoms with van der Waals surface area (Å²) in [5.74, 6) is -0.873. The van der Waals surface area contributed by atoms with Crippen LogP contribution in [-0.2, 0) is 16.0 Å². The van der Waals surface area contributed by atoms with E-state index < -0.39 is 18.0 Å². The minimum absolute atomic E-state index is 0.243. The number of para-hydroxylation sites is 1. The van der Waals surface area contributed by atoms with Gasteiger partial charge < -0.3 is 14.6 Å². The number of ether oxygens (including phenoxy) is 1. The number of aryl methyl sites for hydroxylation is 2. The van der Waals surface area contributed by atoms with Crippen molar-refractivity contribution in [3.63, 3.8) is 0 Å². The summed E-state index contributed by atoms with van der Waals surface area (Å²) in [7, 11) is 0. The van der Waals surface area contributed by atoms with Gasteiger partial charge in [-0.2, -0.15) is 0 Å². The fraction of sp³-hybridized carbons (Fsp3) is 0.312. The molecular formula is C16H16Cl2N2O4. The monoisotopic (exact) mass is 370 g/mol. The molecule has 2 aromatic rings. The number of hydrogen-bond acceptors (Lipinski definition) is 5. The molecule has 0 aliphatic heterocycles. The Morgan fingerprint density at radius 1 is 1.33 bits per heavy atom. The van der Waals surface area contributed by atoms with Gasteiger partial charge in [0.05, 0.1) is 21.4 Å². The Labute approximate surface area is 149 Å². The standard InChI is InChI=1S/C16H16Cl2N2O4/c1-4-12-13(8(2)24-20-12)16(22)23-9(3)15(21)19-14-10(17)6-5-7-11(14)18/h5-7,9H,4H2,1-3H3,(H,19,21)/t9-/m1/s1. The smallest absolute Gasteiger partial charge is 0.344 e. The van der Waals surface area contributed by atoms with Crippen LogP contribution >= 0.6 is 23.2 Å². The number of anilines is 1. The average Bonchev–Trinajstić information content (AvgIpc) is 2.91. The van der Waals surface area contributed by atoms with Crippen LogP contribution in [0.15, 0.2) is 22.7 Å². The molecule has 0 aliphatic carbocycles. The Hall–Kier alpha value is -2.05. The van der Waals surface area contributed by atoms with E-state index in [1.807, 2.05) is 6.92 Å². The van der Waals surface area contributed by atoms with Crippen LogP contribution in [0, 0.1) is 6.92 Å². The van der Waals surface area contributed by atoms with Crippen molar-refractivity contribution >= 4 is 40.8 Å². The van der Waals surface area contributed by atoms with E-state index in [0.29, 0.717) is 17.9 Å². The molecule has 0 aliphatic rings. The lowest BCUT2D eigenvalue weighted by atomic mass is 10.1. The van der Waals surface area contributed by atoms with E-state index in [9.17, 15) is 9.59 Å². The second-order valence-corrected chi connectivity index (χ2v) is 5.86. The molecule has 0 unspecified atom stereocenters. The summed E-state index contributed by atoms with van der Waals surface area (Å²) >= 11 is 12.0. The number of carbonyl (C=O) groups is 2. The number of hydrogen-bond donors (Lipinski definition) is 1. The molecule has 1 heterocycles. The van der Waals surface area contributed by atoms with E-state index in [-0.39, 0.29) is 21.3 Å². The normalized spacial score (nSPS) is 11.9. The van der Waals surface area contributed by atoms with Crippen LogP contribution < -0.4 is 5.32 Å². The summed E-state index contributed by atoms with van der Waals surface area (Å²) in [6, 6.07) is 4.84. The number of esters is 1. The molecule has 1 N–H and O–H groups in total. The molecule has 2 rings (SSSR count). The molecular weight excluding hydrogens is 355 g/mol. The molecule has 0 spiro atoms. The zero-order valence-corrected chi connectivity index (χ0v) is 14.9. The van der Waals surface area contributed by atoms with Gasteiger partial charge in [0, 0.05) is 0 Å². The fourth-order valence-electron chi connectivity index (χ4n) is 2.04. The van der Waals surface area contributed by atoms with Gasteiger partial charge in [0.1, 0.15) is 11.3 Å². The predicted octanol–water partition coefficient (Wildman–Crippen LogP) is 4.04. The predicted molar refractivity (Wildman–Crippen MR) is 90.6 cm³/mol. The molecule has 1 aromatic heterocycles. The number of aromatic nitrogens is 1. The molecule has 0 bridgehead atoms. The van der Waals surface area contributed by atoms with E-state index in [0.717, 1.165) is 0 Å². The number of amides is 1. The Balaban J connectivity index is 2.09. The number of benzene rings is 1. The van der Waals surface area contributed by atoms with Crippen LogP contribution in [-0.4, -0.2) is 23.1 Å². The van der Waals surface area contributed by atoms with Crippen molar-refractivity contribution in [2.24, 2.45) is 0 Å². The van der Waals surface area contributed by atoms with Crippen molar-refractivity contribution in [3.05, 3.63) is 45.3 Å². The molecule has 6 nitrogen and oxygen atoms in total. The summed E-state index contributed by atoms with van der Waals surface area (Å²) in [5, 5.41) is 6.92. The van der Waals surface area contributed by atoms with Crippen LogP contribution in [0.5, 0.6) is 0 Å². The summed E-state index contributed by atoms with van der Waals surface area (Å²) < 4.78 is 10.2. The average molecular weight is 371 g/mol. The molecule has 8 heteroatoms. The Kier molecular flexibility index (Phi) is 5.85. The van der Waals surface area contributed by atoms with Crippen molar-refractivity contribution in [3.8, 4) is 0 Å². The number of rotatable bonds is 5. The van der Waals surface area contributed by atoms with Gasteiger partial charge in [0.25, 0.3) is 5.91 Å². The highest BCUT2D eigenvalue weighted by Crippen LogP contribution is 2.30. The van der Waals surface area contributed by atoms with Crippen LogP contribution in [0.1, 0.15) is 35.7 Å². The zero-order valence-electron chi connectivity index (χ0n) is 13.4. The summed E-state index contributed by atoms with van der Waals surface area (Å²) in [5.41, 5.74) is 0.997. The van der Waals surface area contributed by atoms with Crippen LogP contribution in [0.25, 0.3) is 0 Å². The van der Waals surface area contributed by atoms with E-state index in [2.05, 4.69) is 10.5 Å². The van der Waals surface area contributed by atoms with Gasteiger partial charge in [-0.25, -0.2) is 4.79 Å². The maximum absolute atomic E-state index is 12.3. The molecule has 128 valence electrons. The summed E-state index contributed by atoms with van der Waals surface area (Å²) in [4.78, 5) is 24.5. The topological polar surface area (TPSA) is 81.4 Å². The first-order chi connectivity index (χ1) is 11.3. The van der Waals surface area contributed by atoms with Crippen LogP contribution in [0.2, 0.25) is 10.0 Å². The van der Waals surface area contributed by atoms with Crippen LogP contribution in [0.3, 0.4) is 0 Å². The van der Waals surface area contributed by atoms with Gasteiger partial charge in [-0.3, -0.25) is 4.79 Å². The van der Waals surface area contributed by atoms with E-state index in [4.69, 9.17) is 32.5 Å². The van der Waals surface area contributed by atoms with Gasteiger partial charge in [-0.1, -0.05) is 41.3 Å². The third kappa shape index (κ3) is 3.88. The quantitative estimate of drug-likeness (QED) is 0.803. The first-order valence-electron chi connectivity index (χ1n) is 7.26.